The zero-order valence-electron chi connectivity index (χ0n) is 9.81. The van der Waals surface area contributed by atoms with Crippen LogP contribution in [0.1, 0.15) is 11.1 Å². The summed E-state index contributed by atoms with van der Waals surface area (Å²) in [5, 5.41) is 4.78. The summed E-state index contributed by atoms with van der Waals surface area (Å²) in [6, 6.07) is 11.5. The summed E-state index contributed by atoms with van der Waals surface area (Å²) in [7, 11) is 0. The maximum absolute atomic E-state index is 6.13. The lowest BCUT2D eigenvalue weighted by Crippen LogP contribution is -2.01. The third kappa shape index (κ3) is 3.19. The first kappa shape index (κ1) is 13.7. The molecule has 0 aliphatic carbocycles. The second-order valence-corrected chi connectivity index (χ2v) is 5.70. The molecule has 0 bridgehead atoms. The van der Waals surface area contributed by atoms with E-state index in [9.17, 15) is 0 Å². The molecule has 0 aromatic heterocycles. The van der Waals surface area contributed by atoms with Crippen LogP contribution in [0.4, 0.5) is 5.69 Å². The van der Waals surface area contributed by atoms with E-state index in [1.165, 1.54) is 5.56 Å². The van der Waals surface area contributed by atoms with Gasteiger partial charge in [-0.2, -0.15) is 0 Å². The van der Waals surface area contributed by atoms with Gasteiger partial charge in [-0.3, -0.25) is 0 Å². The Morgan fingerprint density at radius 3 is 2.72 bits per heavy atom. The van der Waals surface area contributed by atoms with E-state index in [2.05, 4.69) is 28.2 Å². The van der Waals surface area contributed by atoms with Gasteiger partial charge in [-0.15, -0.1) is 0 Å². The maximum atomic E-state index is 6.13. The van der Waals surface area contributed by atoms with Gasteiger partial charge in [0.15, 0.2) is 0 Å². The van der Waals surface area contributed by atoms with Crippen LogP contribution in [0, 0.1) is 6.92 Å². The molecule has 0 radical (unpaired) electrons. The van der Waals surface area contributed by atoms with Gasteiger partial charge in [0.25, 0.3) is 0 Å². The van der Waals surface area contributed by atoms with Gasteiger partial charge in [0.1, 0.15) is 0 Å². The summed E-state index contributed by atoms with van der Waals surface area (Å²) in [5.74, 6) is 0. The number of nitrogens with one attached hydrogen (secondary N) is 1. The standard InChI is InChI=1S/C14H12BrCl2N/c1-9-12(15)3-2-4-14(9)18-8-10-7-11(16)5-6-13(10)17/h2-7,18H,8H2,1H3. The van der Waals surface area contributed by atoms with Crippen molar-refractivity contribution in [3.63, 3.8) is 0 Å². The first-order chi connectivity index (χ1) is 8.58. The van der Waals surface area contributed by atoms with Crippen LogP contribution in [0.2, 0.25) is 10.0 Å². The van der Waals surface area contributed by atoms with Gasteiger partial charge < -0.3 is 5.32 Å². The first-order valence-corrected chi connectivity index (χ1v) is 7.06. The fourth-order valence-corrected chi connectivity index (χ4v) is 2.41. The minimum absolute atomic E-state index is 0.649. The Morgan fingerprint density at radius 1 is 1.17 bits per heavy atom. The van der Waals surface area contributed by atoms with Crippen LogP contribution in [0.5, 0.6) is 0 Å². The van der Waals surface area contributed by atoms with Crippen LogP contribution in [-0.2, 0) is 6.54 Å². The van der Waals surface area contributed by atoms with Crippen LogP contribution in [0.15, 0.2) is 40.9 Å². The zero-order valence-corrected chi connectivity index (χ0v) is 12.9. The largest absolute Gasteiger partial charge is 0.381 e. The van der Waals surface area contributed by atoms with E-state index in [0.717, 1.165) is 20.7 Å². The topological polar surface area (TPSA) is 12.0 Å². The van der Waals surface area contributed by atoms with E-state index in [-0.39, 0.29) is 0 Å². The van der Waals surface area contributed by atoms with E-state index >= 15 is 0 Å². The number of benzene rings is 2. The SMILES string of the molecule is Cc1c(Br)cccc1NCc1cc(Cl)ccc1Cl. The highest BCUT2D eigenvalue weighted by Crippen LogP contribution is 2.26. The van der Waals surface area contributed by atoms with Crippen LogP contribution in [0.3, 0.4) is 0 Å². The van der Waals surface area contributed by atoms with Gasteiger partial charge in [-0.25, -0.2) is 0 Å². The Labute approximate surface area is 125 Å². The molecule has 1 N–H and O–H groups in total. The molecular formula is C14H12BrCl2N. The number of hydrogen-bond acceptors (Lipinski definition) is 1. The van der Waals surface area contributed by atoms with E-state index in [4.69, 9.17) is 23.2 Å². The molecule has 0 amide bonds. The van der Waals surface area contributed by atoms with Gasteiger partial charge in [-0.05, 0) is 48.4 Å². The molecule has 2 aromatic rings. The van der Waals surface area contributed by atoms with Crippen LogP contribution >= 0.6 is 39.1 Å². The lowest BCUT2D eigenvalue weighted by atomic mass is 10.2. The van der Waals surface area contributed by atoms with Crippen LogP contribution < -0.4 is 5.32 Å². The van der Waals surface area contributed by atoms with Crippen molar-refractivity contribution in [3.8, 4) is 0 Å². The molecule has 0 aliphatic heterocycles. The quantitative estimate of drug-likeness (QED) is 0.755. The molecule has 94 valence electrons. The van der Waals surface area contributed by atoms with Crippen molar-refractivity contribution in [2.45, 2.75) is 13.5 Å². The maximum Gasteiger partial charge on any atom is 0.0456 e. The average molecular weight is 345 g/mol. The van der Waals surface area contributed by atoms with Crippen molar-refractivity contribution in [2.75, 3.05) is 5.32 Å². The molecule has 0 atom stereocenters. The molecule has 0 saturated carbocycles. The highest BCUT2D eigenvalue weighted by atomic mass is 79.9. The minimum atomic E-state index is 0.649. The summed E-state index contributed by atoms with van der Waals surface area (Å²) in [5.41, 5.74) is 3.25. The van der Waals surface area contributed by atoms with Gasteiger partial charge in [-0.1, -0.05) is 45.2 Å². The van der Waals surface area contributed by atoms with Crippen molar-refractivity contribution >= 4 is 44.8 Å². The normalized spacial score (nSPS) is 10.4. The second-order valence-electron chi connectivity index (χ2n) is 4.00. The lowest BCUT2D eigenvalue weighted by molar-refractivity contribution is 1.14. The smallest absolute Gasteiger partial charge is 0.0456 e. The minimum Gasteiger partial charge on any atom is -0.381 e. The van der Waals surface area contributed by atoms with E-state index in [1.807, 2.05) is 30.3 Å². The molecule has 0 aliphatic rings. The van der Waals surface area contributed by atoms with Gasteiger partial charge in [0, 0.05) is 26.8 Å². The number of halogens is 3. The van der Waals surface area contributed by atoms with E-state index in [1.54, 1.807) is 6.07 Å². The zero-order chi connectivity index (χ0) is 13.1. The number of hydrogen-bond donors (Lipinski definition) is 1. The number of rotatable bonds is 3. The van der Waals surface area contributed by atoms with Crippen molar-refractivity contribution in [2.24, 2.45) is 0 Å². The molecule has 0 heterocycles. The van der Waals surface area contributed by atoms with Crippen LogP contribution in [0.25, 0.3) is 0 Å². The van der Waals surface area contributed by atoms with E-state index in [0.29, 0.717) is 11.6 Å². The van der Waals surface area contributed by atoms with Gasteiger partial charge in [0.2, 0.25) is 0 Å². The van der Waals surface area contributed by atoms with E-state index < -0.39 is 0 Å². The third-order valence-corrected chi connectivity index (χ3v) is 4.21. The molecule has 0 saturated heterocycles. The highest BCUT2D eigenvalue weighted by Gasteiger charge is 2.04. The van der Waals surface area contributed by atoms with Crippen molar-refractivity contribution in [3.05, 3.63) is 62.0 Å². The van der Waals surface area contributed by atoms with Crippen molar-refractivity contribution in [1.29, 1.82) is 0 Å². The predicted octanol–water partition coefficient (Wildman–Crippen LogP) is 5.68. The Morgan fingerprint density at radius 2 is 1.94 bits per heavy atom. The Hall–Kier alpha value is -0.700. The van der Waals surface area contributed by atoms with Crippen molar-refractivity contribution < 1.29 is 0 Å². The fourth-order valence-electron chi connectivity index (χ4n) is 1.67. The lowest BCUT2D eigenvalue weighted by Gasteiger charge is -2.12. The molecule has 18 heavy (non-hydrogen) atoms. The molecule has 4 heteroatoms. The summed E-state index contributed by atoms with van der Waals surface area (Å²) in [6.07, 6.45) is 0. The van der Waals surface area contributed by atoms with Gasteiger partial charge >= 0.3 is 0 Å². The van der Waals surface area contributed by atoms with Crippen molar-refractivity contribution in [1.82, 2.24) is 0 Å². The monoisotopic (exact) mass is 343 g/mol. The molecule has 2 rings (SSSR count). The first-order valence-electron chi connectivity index (χ1n) is 5.51. The molecule has 0 unspecified atom stereocenters. The van der Waals surface area contributed by atoms with Crippen LogP contribution in [-0.4, -0.2) is 0 Å². The molecule has 0 spiro atoms. The third-order valence-electron chi connectivity index (χ3n) is 2.74. The molecule has 2 aromatic carbocycles. The molecular weight excluding hydrogens is 333 g/mol. The molecule has 0 fully saturated rings. The second kappa shape index (κ2) is 5.96. The Bertz CT molecular complexity index is 568. The molecule has 1 nitrogen and oxygen atoms in total. The predicted molar refractivity (Wildman–Crippen MR) is 82.7 cm³/mol. The summed E-state index contributed by atoms with van der Waals surface area (Å²) < 4.78 is 1.09. The average Bonchev–Trinajstić information content (AvgIpc) is 2.35. The summed E-state index contributed by atoms with van der Waals surface area (Å²) >= 11 is 15.6. The number of anilines is 1. The Kier molecular flexibility index (Phi) is 4.55. The summed E-state index contributed by atoms with van der Waals surface area (Å²) in [6.45, 7) is 2.71. The summed E-state index contributed by atoms with van der Waals surface area (Å²) in [4.78, 5) is 0. The van der Waals surface area contributed by atoms with Gasteiger partial charge in [0.05, 0.1) is 0 Å². The fraction of sp³-hybridized carbons (Fsp3) is 0.143. The highest BCUT2D eigenvalue weighted by molar-refractivity contribution is 9.10. The Balaban J connectivity index is 2.16.